The first kappa shape index (κ1) is 19.0. The number of hydrogen-bond acceptors (Lipinski definition) is 6. The highest BCUT2D eigenvalue weighted by Gasteiger charge is 2.18. The Morgan fingerprint density at radius 1 is 1.29 bits per heavy atom. The molecule has 3 heterocycles. The maximum absolute atomic E-state index is 12.6. The van der Waals surface area contributed by atoms with Crippen molar-refractivity contribution >= 4 is 22.9 Å². The number of anilines is 1. The number of morpholine rings is 1. The number of rotatable bonds is 6. The van der Waals surface area contributed by atoms with Crippen LogP contribution in [-0.4, -0.2) is 45.5 Å². The van der Waals surface area contributed by atoms with E-state index in [2.05, 4.69) is 11.9 Å². The summed E-state index contributed by atoms with van der Waals surface area (Å²) in [5.74, 6) is 1.29. The molecule has 150 valence electrons. The number of ether oxygens (including phenoxy) is 2. The molecule has 0 radical (unpaired) electrons. The van der Waals surface area contributed by atoms with Crippen molar-refractivity contribution in [1.29, 1.82) is 0 Å². The molecule has 0 amide bonds. The van der Waals surface area contributed by atoms with Crippen molar-refractivity contribution in [2.24, 2.45) is 0 Å². The number of benzene rings is 1. The minimum Gasteiger partial charge on any atom is -0.493 e. The van der Waals surface area contributed by atoms with E-state index in [1.807, 2.05) is 11.0 Å². The summed E-state index contributed by atoms with van der Waals surface area (Å²) in [5.41, 5.74) is 1.22. The summed E-state index contributed by atoms with van der Waals surface area (Å²) in [4.78, 5) is 14.7. The van der Waals surface area contributed by atoms with Crippen LogP contribution in [0.2, 0.25) is 0 Å². The highest BCUT2D eigenvalue weighted by molar-refractivity contribution is 5.88. The van der Waals surface area contributed by atoms with Crippen LogP contribution in [-0.2, 0) is 4.74 Å². The fraction of sp³-hybridized carbons (Fsp3) is 0.500. The molecule has 0 bridgehead atoms. The Balaban J connectivity index is 1.58. The van der Waals surface area contributed by atoms with Crippen LogP contribution in [0.25, 0.3) is 17.0 Å². The molecule has 1 aromatic heterocycles. The van der Waals surface area contributed by atoms with Crippen LogP contribution in [0.5, 0.6) is 5.75 Å². The highest BCUT2D eigenvalue weighted by Crippen LogP contribution is 2.30. The average molecular weight is 384 g/mol. The SMILES string of the molecule is C=Cc1c(OCCC2CCCCN2)ccc2c(=O)cc(N3CCOCC3)oc12. The van der Waals surface area contributed by atoms with Gasteiger partial charge in [0, 0.05) is 25.2 Å². The predicted octanol–water partition coefficient (Wildman–Crippen LogP) is 3.18. The predicted molar refractivity (Wildman–Crippen MR) is 111 cm³/mol. The van der Waals surface area contributed by atoms with Gasteiger partial charge >= 0.3 is 0 Å². The lowest BCUT2D eigenvalue weighted by Gasteiger charge is -2.27. The summed E-state index contributed by atoms with van der Waals surface area (Å²) >= 11 is 0. The van der Waals surface area contributed by atoms with Crippen molar-refractivity contribution in [3.8, 4) is 5.75 Å². The highest BCUT2D eigenvalue weighted by atomic mass is 16.5. The lowest BCUT2D eigenvalue weighted by molar-refractivity contribution is 0.121. The summed E-state index contributed by atoms with van der Waals surface area (Å²) in [7, 11) is 0. The van der Waals surface area contributed by atoms with Gasteiger partial charge in [0.15, 0.2) is 16.9 Å². The normalized spacial score (nSPS) is 20.3. The fourth-order valence-corrected chi connectivity index (χ4v) is 3.95. The molecule has 1 aromatic carbocycles. The Morgan fingerprint density at radius 3 is 2.89 bits per heavy atom. The molecule has 1 unspecified atom stereocenters. The fourth-order valence-electron chi connectivity index (χ4n) is 3.95. The van der Waals surface area contributed by atoms with Crippen molar-refractivity contribution in [3.63, 3.8) is 0 Å². The monoisotopic (exact) mass is 384 g/mol. The zero-order valence-corrected chi connectivity index (χ0v) is 16.2. The average Bonchev–Trinajstić information content (AvgIpc) is 2.75. The van der Waals surface area contributed by atoms with Gasteiger partial charge < -0.3 is 24.1 Å². The van der Waals surface area contributed by atoms with Crippen LogP contribution in [0.15, 0.2) is 34.0 Å². The molecule has 6 heteroatoms. The summed E-state index contributed by atoms with van der Waals surface area (Å²) < 4.78 is 17.6. The molecule has 4 rings (SSSR count). The van der Waals surface area contributed by atoms with Gasteiger partial charge in [-0.25, -0.2) is 0 Å². The first-order valence-corrected chi connectivity index (χ1v) is 10.2. The lowest BCUT2D eigenvalue weighted by atomic mass is 10.0. The third-order valence-electron chi connectivity index (χ3n) is 5.55. The van der Waals surface area contributed by atoms with E-state index < -0.39 is 0 Å². The number of hydrogen-bond donors (Lipinski definition) is 1. The molecule has 28 heavy (non-hydrogen) atoms. The number of nitrogens with zero attached hydrogens (tertiary/aromatic N) is 1. The molecule has 1 atom stereocenters. The molecule has 2 saturated heterocycles. The summed E-state index contributed by atoms with van der Waals surface area (Å²) in [6.45, 7) is 8.33. The van der Waals surface area contributed by atoms with E-state index in [0.717, 1.165) is 18.5 Å². The van der Waals surface area contributed by atoms with E-state index in [1.54, 1.807) is 18.2 Å². The summed E-state index contributed by atoms with van der Waals surface area (Å²) in [6.07, 6.45) is 6.41. The van der Waals surface area contributed by atoms with Crippen molar-refractivity contribution in [2.45, 2.75) is 31.7 Å². The molecule has 0 saturated carbocycles. The van der Waals surface area contributed by atoms with Crippen molar-refractivity contribution in [2.75, 3.05) is 44.4 Å². The van der Waals surface area contributed by atoms with Gasteiger partial charge in [-0.15, -0.1) is 0 Å². The molecule has 2 aliphatic heterocycles. The van der Waals surface area contributed by atoms with Gasteiger partial charge in [-0.3, -0.25) is 4.79 Å². The zero-order chi connectivity index (χ0) is 19.3. The molecule has 0 aliphatic carbocycles. The van der Waals surface area contributed by atoms with Gasteiger partial charge in [-0.05, 0) is 37.9 Å². The minimum atomic E-state index is -0.0520. The van der Waals surface area contributed by atoms with Crippen molar-refractivity contribution < 1.29 is 13.9 Å². The second-order valence-corrected chi connectivity index (χ2v) is 7.39. The molecule has 0 spiro atoms. The number of nitrogens with one attached hydrogen (secondary N) is 1. The van der Waals surface area contributed by atoms with Crippen LogP contribution < -0.4 is 20.4 Å². The Hall–Kier alpha value is -2.31. The van der Waals surface area contributed by atoms with Crippen LogP contribution >= 0.6 is 0 Å². The lowest BCUT2D eigenvalue weighted by Crippen LogP contribution is -2.36. The quantitative estimate of drug-likeness (QED) is 0.825. The van der Waals surface area contributed by atoms with Crippen LogP contribution in [0.3, 0.4) is 0 Å². The Labute approximate surface area is 165 Å². The number of piperidine rings is 1. The zero-order valence-electron chi connectivity index (χ0n) is 16.2. The number of fused-ring (bicyclic) bond motifs is 1. The molecule has 2 aliphatic rings. The standard InChI is InChI=1S/C22H28N2O4/c1-2-17-20(27-12-8-16-5-3-4-9-23-16)7-6-18-19(25)15-21(28-22(17)18)24-10-13-26-14-11-24/h2,6-7,15-16,23H,1,3-5,8-14H2. The molecule has 6 nitrogen and oxygen atoms in total. The van der Waals surface area contributed by atoms with Gasteiger partial charge in [0.2, 0.25) is 0 Å². The van der Waals surface area contributed by atoms with E-state index in [9.17, 15) is 4.79 Å². The first-order valence-electron chi connectivity index (χ1n) is 10.2. The van der Waals surface area contributed by atoms with Gasteiger partial charge in [-0.2, -0.15) is 0 Å². The molecule has 2 aromatic rings. The van der Waals surface area contributed by atoms with E-state index in [-0.39, 0.29) is 5.43 Å². The maximum Gasteiger partial charge on any atom is 0.200 e. The smallest absolute Gasteiger partial charge is 0.200 e. The van der Waals surface area contributed by atoms with Crippen LogP contribution in [0.1, 0.15) is 31.2 Å². The van der Waals surface area contributed by atoms with Gasteiger partial charge in [-0.1, -0.05) is 19.1 Å². The second-order valence-electron chi connectivity index (χ2n) is 7.39. The van der Waals surface area contributed by atoms with Gasteiger partial charge in [0.05, 0.1) is 30.8 Å². The van der Waals surface area contributed by atoms with E-state index in [1.165, 1.54) is 19.3 Å². The molecular formula is C22H28N2O4. The molecule has 1 N–H and O–H groups in total. The Bertz CT molecular complexity index is 880. The minimum absolute atomic E-state index is 0.0520. The Kier molecular flexibility index (Phi) is 5.98. The second kappa shape index (κ2) is 8.80. The van der Waals surface area contributed by atoms with Crippen molar-refractivity contribution in [3.05, 3.63) is 40.6 Å². The summed E-state index contributed by atoms with van der Waals surface area (Å²) in [5, 5.41) is 4.09. The van der Waals surface area contributed by atoms with E-state index in [0.29, 0.717) is 61.6 Å². The van der Waals surface area contributed by atoms with E-state index in [4.69, 9.17) is 13.9 Å². The van der Waals surface area contributed by atoms with Crippen LogP contribution in [0.4, 0.5) is 5.88 Å². The third kappa shape index (κ3) is 4.08. The summed E-state index contributed by atoms with van der Waals surface area (Å²) in [6, 6.07) is 5.72. The van der Waals surface area contributed by atoms with Crippen molar-refractivity contribution in [1.82, 2.24) is 5.32 Å². The Morgan fingerprint density at radius 2 is 2.14 bits per heavy atom. The first-order chi connectivity index (χ1) is 13.8. The molecular weight excluding hydrogens is 356 g/mol. The largest absolute Gasteiger partial charge is 0.493 e. The van der Waals surface area contributed by atoms with Crippen LogP contribution in [0, 0.1) is 0 Å². The third-order valence-corrected chi connectivity index (χ3v) is 5.55. The topological polar surface area (TPSA) is 63.9 Å². The van der Waals surface area contributed by atoms with Gasteiger partial charge in [0.25, 0.3) is 0 Å². The maximum atomic E-state index is 12.6. The van der Waals surface area contributed by atoms with E-state index >= 15 is 0 Å². The van der Waals surface area contributed by atoms with Gasteiger partial charge in [0.1, 0.15) is 5.75 Å². The molecule has 2 fully saturated rings.